The Labute approximate surface area is 98.5 Å². The molecule has 0 atom stereocenters. The summed E-state index contributed by atoms with van der Waals surface area (Å²) in [7, 11) is 0. The minimum atomic E-state index is 0.845. The third-order valence-electron chi connectivity index (χ3n) is 2.78. The van der Waals surface area contributed by atoms with Gasteiger partial charge < -0.3 is 10.1 Å². The van der Waals surface area contributed by atoms with Crippen molar-refractivity contribution >= 4 is 11.8 Å². The SMILES string of the molecule is CCOCCCNCCSC1CCCC1. The summed E-state index contributed by atoms with van der Waals surface area (Å²) in [5.41, 5.74) is 0. The summed E-state index contributed by atoms with van der Waals surface area (Å²) in [6, 6.07) is 0. The van der Waals surface area contributed by atoms with Gasteiger partial charge in [-0.2, -0.15) is 11.8 Å². The van der Waals surface area contributed by atoms with E-state index in [2.05, 4.69) is 17.1 Å². The molecule has 0 spiro atoms. The number of rotatable bonds is 9. The Hall–Kier alpha value is 0.270. The van der Waals surface area contributed by atoms with Gasteiger partial charge in [-0.15, -0.1) is 0 Å². The van der Waals surface area contributed by atoms with Crippen molar-refractivity contribution in [3.63, 3.8) is 0 Å². The van der Waals surface area contributed by atoms with Crippen LogP contribution in [0.4, 0.5) is 0 Å². The van der Waals surface area contributed by atoms with Crippen LogP contribution in [-0.2, 0) is 4.74 Å². The molecule has 1 N–H and O–H groups in total. The topological polar surface area (TPSA) is 21.3 Å². The third kappa shape index (κ3) is 7.20. The monoisotopic (exact) mass is 231 g/mol. The van der Waals surface area contributed by atoms with E-state index in [1.165, 1.54) is 31.4 Å². The minimum Gasteiger partial charge on any atom is -0.382 e. The molecule has 1 aliphatic carbocycles. The van der Waals surface area contributed by atoms with Gasteiger partial charge in [-0.05, 0) is 32.7 Å². The summed E-state index contributed by atoms with van der Waals surface area (Å²) in [4.78, 5) is 0. The van der Waals surface area contributed by atoms with E-state index < -0.39 is 0 Å². The summed E-state index contributed by atoms with van der Waals surface area (Å²) in [6.07, 6.45) is 6.96. The van der Waals surface area contributed by atoms with Gasteiger partial charge in [0.15, 0.2) is 0 Å². The fourth-order valence-electron chi connectivity index (χ4n) is 1.92. The maximum atomic E-state index is 5.28. The average molecular weight is 231 g/mol. The molecule has 0 heterocycles. The fourth-order valence-corrected chi connectivity index (χ4v) is 3.18. The van der Waals surface area contributed by atoms with Gasteiger partial charge >= 0.3 is 0 Å². The Morgan fingerprint density at radius 2 is 2.07 bits per heavy atom. The second-order valence-corrected chi connectivity index (χ2v) is 5.49. The molecular formula is C12H25NOS. The van der Waals surface area contributed by atoms with E-state index in [4.69, 9.17) is 4.74 Å². The van der Waals surface area contributed by atoms with Crippen LogP contribution in [0.5, 0.6) is 0 Å². The molecule has 0 bridgehead atoms. The molecule has 15 heavy (non-hydrogen) atoms. The number of ether oxygens (including phenoxy) is 1. The van der Waals surface area contributed by atoms with Crippen LogP contribution in [0, 0.1) is 0 Å². The van der Waals surface area contributed by atoms with Crippen molar-refractivity contribution in [2.45, 2.75) is 44.3 Å². The smallest absolute Gasteiger partial charge is 0.0477 e. The lowest BCUT2D eigenvalue weighted by molar-refractivity contribution is 0.145. The summed E-state index contributed by atoms with van der Waals surface area (Å²) in [5, 5.41) is 4.44. The first-order valence-corrected chi connectivity index (χ1v) is 7.38. The van der Waals surface area contributed by atoms with Crippen molar-refractivity contribution in [3.8, 4) is 0 Å². The fraction of sp³-hybridized carbons (Fsp3) is 1.00. The van der Waals surface area contributed by atoms with Crippen molar-refractivity contribution in [2.24, 2.45) is 0 Å². The van der Waals surface area contributed by atoms with Crippen LogP contribution in [-0.4, -0.2) is 37.3 Å². The lowest BCUT2D eigenvalue weighted by Gasteiger charge is -2.09. The molecule has 1 fully saturated rings. The first-order valence-electron chi connectivity index (χ1n) is 6.33. The zero-order chi connectivity index (χ0) is 10.8. The van der Waals surface area contributed by atoms with Crippen LogP contribution in [0.25, 0.3) is 0 Å². The number of hydrogen-bond donors (Lipinski definition) is 1. The van der Waals surface area contributed by atoms with Gasteiger partial charge in [0.05, 0.1) is 0 Å². The minimum absolute atomic E-state index is 0.845. The highest BCUT2D eigenvalue weighted by Gasteiger charge is 2.14. The van der Waals surface area contributed by atoms with Crippen molar-refractivity contribution in [1.82, 2.24) is 5.32 Å². The van der Waals surface area contributed by atoms with E-state index in [1.807, 2.05) is 6.92 Å². The molecule has 0 aromatic rings. The van der Waals surface area contributed by atoms with E-state index in [1.54, 1.807) is 0 Å². The van der Waals surface area contributed by atoms with Gasteiger partial charge in [-0.1, -0.05) is 12.8 Å². The molecule has 1 aliphatic rings. The molecule has 90 valence electrons. The Bertz CT molecular complexity index is 138. The van der Waals surface area contributed by atoms with Crippen LogP contribution < -0.4 is 5.32 Å². The predicted octanol–water partition coefficient (Wildman–Crippen LogP) is 2.68. The maximum Gasteiger partial charge on any atom is 0.0477 e. The van der Waals surface area contributed by atoms with Gasteiger partial charge in [0.2, 0.25) is 0 Å². The summed E-state index contributed by atoms with van der Waals surface area (Å²) < 4.78 is 5.28. The lowest BCUT2D eigenvalue weighted by atomic mass is 10.4. The highest BCUT2D eigenvalue weighted by atomic mass is 32.2. The zero-order valence-electron chi connectivity index (χ0n) is 9.96. The van der Waals surface area contributed by atoms with Gasteiger partial charge in [-0.3, -0.25) is 0 Å². The number of nitrogens with one attached hydrogen (secondary N) is 1. The Balaban J connectivity index is 1.73. The molecule has 0 unspecified atom stereocenters. The second kappa shape index (κ2) is 9.49. The predicted molar refractivity (Wildman–Crippen MR) is 68.7 cm³/mol. The zero-order valence-corrected chi connectivity index (χ0v) is 10.8. The van der Waals surface area contributed by atoms with Crippen LogP contribution >= 0.6 is 11.8 Å². The van der Waals surface area contributed by atoms with Gasteiger partial charge in [0.1, 0.15) is 0 Å². The second-order valence-electron chi connectivity index (χ2n) is 4.08. The first kappa shape index (κ1) is 13.3. The van der Waals surface area contributed by atoms with Crippen LogP contribution in [0.3, 0.4) is 0 Å². The van der Waals surface area contributed by atoms with Crippen molar-refractivity contribution in [3.05, 3.63) is 0 Å². The quantitative estimate of drug-likeness (QED) is 0.617. The summed E-state index contributed by atoms with van der Waals surface area (Å²) in [5.74, 6) is 1.28. The summed E-state index contributed by atoms with van der Waals surface area (Å²) in [6.45, 7) is 6.06. The lowest BCUT2D eigenvalue weighted by Crippen LogP contribution is -2.20. The molecule has 0 aliphatic heterocycles. The molecule has 0 amide bonds. The molecule has 0 aromatic carbocycles. The highest BCUT2D eigenvalue weighted by Crippen LogP contribution is 2.28. The molecule has 1 rings (SSSR count). The maximum absolute atomic E-state index is 5.28. The van der Waals surface area contributed by atoms with E-state index in [9.17, 15) is 0 Å². The van der Waals surface area contributed by atoms with E-state index in [0.29, 0.717) is 0 Å². The van der Waals surface area contributed by atoms with Gasteiger partial charge in [0, 0.05) is 30.8 Å². The van der Waals surface area contributed by atoms with Crippen LogP contribution in [0.15, 0.2) is 0 Å². The molecule has 1 saturated carbocycles. The number of hydrogen-bond acceptors (Lipinski definition) is 3. The van der Waals surface area contributed by atoms with Crippen LogP contribution in [0.2, 0.25) is 0 Å². The van der Waals surface area contributed by atoms with Crippen molar-refractivity contribution < 1.29 is 4.74 Å². The first-order chi connectivity index (χ1) is 7.43. The molecule has 3 heteroatoms. The molecular weight excluding hydrogens is 206 g/mol. The van der Waals surface area contributed by atoms with E-state index in [-0.39, 0.29) is 0 Å². The molecule has 0 radical (unpaired) electrons. The van der Waals surface area contributed by atoms with Crippen molar-refractivity contribution in [1.29, 1.82) is 0 Å². The van der Waals surface area contributed by atoms with Gasteiger partial charge in [-0.25, -0.2) is 0 Å². The third-order valence-corrected chi connectivity index (χ3v) is 4.16. The Morgan fingerprint density at radius 3 is 2.80 bits per heavy atom. The largest absolute Gasteiger partial charge is 0.382 e. The normalized spacial score (nSPS) is 17.4. The average Bonchev–Trinajstić information content (AvgIpc) is 2.75. The van der Waals surface area contributed by atoms with E-state index >= 15 is 0 Å². The molecule has 0 aromatic heterocycles. The number of thioether (sulfide) groups is 1. The van der Waals surface area contributed by atoms with Crippen molar-refractivity contribution in [2.75, 3.05) is 32.1 Å². The highest BCUT2D eigenvalue weighted by molar-refractivity contribution is 7.99. The van der Waals surface area contributed by atoms with Crippen LogP contribution in [0.1, 0.15) is 39.0 Å². The van der Waals surface area contributed by atoms with Gasteiger partial charge in [0.25, 0.3) is 0 Å². The Kier molecular flexibility index (Phi) is 8.44. The summed E-state index contributed by atoms with van der Waals surface area (Å²) >= 11 is 2.16. The standard InChI is InChI=1S/C12H25NOS/c1-2-14-10-5-8-13-9-11-15-12-6-3-4-7-12/h12-13H,2-11H2,1H3. The Morgan fingerprint density at radius 1 is 1.27 bits per heavy atom. The molecule has 2 nitrogen and oxygen atoms in total. The molecule has 0 saturated heterocycles. The van der Waals surface area contributed by atoms with E-state index in [0.717, 1.165) is 38.0 Å².